The lowest BCUT2D eigenvalue weighted by molar-refractivity contribution is 0.279. The number of amidine groups is 2. The average molecular weight is 407 g/mol. The highest BCUT2D eigenvalue weighted by molar-refractivity contribution is 6.36. The Hall–Kier alpha value is -1.26. The lowest BCUT2D eigenvalue weighted by atomic mass is 9.84. The van der Waals surface area contributed by atoms with E-state index in [9.17, 15) is 0 Å². The molecule has 0 bridgehead atoms. The molecule has 0 N–H and O–H groups in total. The first-order valence-corrected chi connectivity index (χ1v) is 10.9. The molecule has 3 aliphatic heterocycles. The van der Waals surface area contributed by atoms with Crippen molar-refractivity contribution in [2.45, 2.75) is 46.2 Å². The summed E-state index contributed by atoms with van der Waals surface area (Å²) in [5.74, 6) is 3.84. The van der Waals surface area contributed by atoms with Gasteiger partial charge in [0.15, 0.2) is 0 Å². The van der Waals surface area contributed by atoms with E-state index in [1.807, 2.05) is 25.1 Å². The minimum absolute atomic E-state index is 0.0848. The van der Waals surface area contributed by atoms with Crippen molar-refractivity contribution in [3.63, 3.8) is 0 Å². The molecule has 0 saturated carbocycles. The van der Waals surface area contributed by atoms with Crippen LogP contribution in [-0.4, -0.2) is 42.4 Å². The molecule has 0 spiro atoms. The molecule has 2 fully saturated rings. The number of aliphatic imine (C=N–C) groups is 2. The van der Waals surface area contributed by atoms with Gasteiger partial charge in [-0.25, -0.2) is 9.98 Å². The first-order chi connectivity index (χ1) is 13.0. The summed E-state index contributed by atoms with van der Waals surface area (Å²) in [5, 5.41) is 1.37. The third kappa shape index (κ3) is 3.47. The van der Waals surface area contributed by atoms with Crippen LogP contribution in [-0.2, 0) is 0 Å². The zero-order chi connectivity index (χ0) is 19.1. The quantitative estimate of drug-likeness (QED) is 0.659. The largest absolute Gasteiger partial charge is 0.359 e. The zero-order valence-corrected chi connectivity index (χ0v) is 17.8. The van der Waals surface area contributed by atoms with Crippen molar-refractivity contribution < 1.29 is 0 Å². The summed E-state index contributed by atoms with van der Waals surface area (Å²) >= 11 is 12.7. The molecule has 2 saturated heterocycles. The molecular weight excluding hydrogens is 379 g/mol. The zero-order valence-electron chi connectivity index (χ0n) is 16.3. The molecule has 4 nitrogen and oxygen atoms in total. The Morgan fingerprint density at radius 1 is 1.22 bits per heavy atom. The second kappa shape index (κ2) is 7.63. The van der Waals surface area contributed by atoms with E-state index in [4.69, 9.17) is 33.2 Å². The number of benzene rings is 1. The van der Waals surface area contributed by atoms with Gasteiger partial charge in [-0.05, 0) is 43.4 Å². The Kier molecular flexibility index (Phi) is 5.39. The number of halogens is 2. The van der Waals surface area contributed by atoms with Crippen molar-refractivity contribution in [2.24, 2.45) is 27.7 Å². The van der Waals surface area contributed by atoms with E-state index in [1.165, 1.54) is 18.7 Å². The molecule has 3 unspecified atom stereocenters. The monoisotopic (exact) mass is 406 g/mol. The number of hydrogen-bond donors (Lipinski definition) is 0. The van der Waals surface area contributed by atoms with Crippen LogP contribution in [0.25, 0.3) is 0 Å². The van der Waals surface area contributed by atoms with Crippen LogP contribution in [0.15, 0.2) is 28.2 Å². The molecule has 0 radical (unpaired) electrons. The fourth-order valence-electron chi connectivity index (χ4n) is 4.88. The predicted molar refractivity (Wildman–Crippen MR) is 115 cm³/mol. The van der Waals surface area contributed by atoms with E-state index in [0.717, 1.165) is 43.5 Å². The minimum Gasteiger partial charge on any atom is -0.359 e. The van der Waals surface area contributed by atoms with Crippen molar-refractivity contribution in [1.82, 2.24) is 4.90 Å². The van der Waals surface area contributed by atoms with Crippen molar-refractivity contribution in [1.29, 1.82) is 0 Å². The third-order valence-electron chi connectivity index (χ3n) is 6.41. The van der Waals surface area contributed by atoms with E-state index >= 15 is 0 Å². The minimum atomic E-state index is 0.0848. The lowest BCUT2D eigenvalue weighted by Gasteiger charge is -2.43. The molecule has 27 heavy (non-hydrogen) atoms. The summed E-state index contributed by atoms with van der Waals surface area (Å²) in [6.07, 6.45) is 3.67. The van der Waals surface area contributed by atoms with Crippen LogP contribution in [0.3, 0.4) is 0 Å². The smallest absolute Gasteiger partial charge is 0.133 e. The van der Waals surface area contributed by atoms with Crippen LogP contribution in [0.4, 0.5) is 5.69 Å². The van der Waals surface area contributed by atoms with Gasteiger partial charge in [0, 0.05) is 24.7 Å². The van der Waals surface area contributed by atoms with E-state index in [-0.39, 0.29) is 6.17 Å². The van der Waals surface area contributed by atoms with E-state index in [0.29, 0.717) is 21.9 Å². The second-order valence-corrected chi connectivity index (χ2v) is 8.85. The molecule has 3 atom stereocenters. The third-order valence-corrected chi connectivity index (χ3v) is 6.95. The lowest BCUT2D eigenvalue weighted by Crippen LogP contribution is -2.51. The predicted octanol–water partition coefficient (Wildman–Crippen LogP) is 5.34. The Labute approximate surface area is 172 Å². The Morgan fingerprint density at radius 3 is 2.70 bits per heavy atom. The summed E-state index contributed by atoms with van der Waals surface area (Å²) in [6, 6.07) is 5.77. The van der Waals surface area contributed by atoms with Gasteiger partial charge in [0.2, 0.25) is 0 Å². The maximum atomic E-state index is 6.54. The molecule has 6 heteroatoms. The van der Waals surface area contributed by atoms with E-state index < -0.39 is 0 Å². The van der Waals surface area contributed by atoms with Gasteiger partial charge in [-0.1, -0.05) is 49.9 Å². The number of hydrogen-bond acceptors (Lipinski definition) is 4. The molecule has 4 rings (SSSR count). The van der Waals surface area contributed by atoms with Crippen LogP contribution in [0.1, 0.15) is 40.0 Å². The number of anilines is 1. The molecule has 0 aromatic heterocycles. The first-order valence-electron chi connectivity index (χ1n) is 10.1. The highest BCUT2D eigenvalue weighted by Crippen LogP contribution is 2.43. The number of piperidine rings is 1. The van der Waals surface area contributed by atoms with Crippen LogP contribution in [0, 0.1) is 17.8 Å². The molecule has 1 aromatic carbocycles. The number of rotatable bonds is 5. The molecule has 3 heterocycles. The van der Waals surface area contributed by atoms with Gasteiger partial charge < -0.3 is 9.80 Å². The van der Waals surface area contributed by atoms with Crippen LogP contribution < -0.4 is 4.90 Å². The summed E-state index contributed by atoms with van der Waals surface area (Å²) in [4.78, 5) is 14.8. The van der Waals surface area contributed by atoms with E-state index in [1.54, 1.807) is 0 Å². The fourth-order valence-corrected chi connectivity index (χ4v) is 5.39. The van der Waals surface area contributed by atoms with Crippen LogP contribution in [0.5, 0.6) is 0 Å². The Bertz CT molecular complexity index is 771. The van der Waals surface area contributed by atoms with Gasteiger partial charge in [0.05, 0.1) is 16.6 Å². The Morgan fingerprint density at radius 2 is 2.00 bits per heavy atom. The molecular formula is C21H28Cl2N4. The molecule has 1 aromatic rings. The van der Waals surface area contributed by atoms with Crippen molar-refractivity contribution in [3.8, 4) is 0 Å². The van der Waals surface area contributed by atoms with E-state index in [2.05, 4.69) is 23.6 Å². The van der Waals surface area contributed by atoms with Gasteiger partial charge in [0.1, 0.15) is 17.8 Å². The van der Waals surface area contributed by atoms with Gasteiger partial charge >= 0.3 is 0 Å². The highest BCUT2D eigenvalue weighted by Gasteiger charge is 2.49. The highest BCUT2D eigenvalue weighted by atomic mass is 35.5. The van der Waals surface area contributed by atoms with Crippen LogP contribution >= 0.6 is 23.2 Å². The summed E-state index contributed by atoms with van der Waals surface area (Å²) < 4.78 is 0. The van der Waals surface area contributed by atoms with Gasteiger partial charge in [-0.3, -0.25) is 0 Å². The summed E-state index contributed by atoms with van der Waals surface area (Å²) in [6.45, 7) is 9.79. The maximum Gasteiger partial charge on any atom is 0.133 e. The van der Waals surface area contributed by atoms with Crippen molar-refractivity contribution in [2.75, 3.05) is 24.5 Å². The van der Waals surface area contributed by atoms with Crippen LogP contribution in [0.2, 0.25) is 10.0 Å². The number of nitrogens with zero attached hydrogens (tertiary/aromatic N) is 4. The SMILES string of the molecule is CCC(CC)CN1CC2CCN(c3ccc(Cl)cc3Cl)C3N=C(C)N=C1C23. The fraction of sp³-hybridized carbons (Fsp3) is 0.619. The topological polar surface area (TPSA) is 31.2 Å². The summed E-state index contributed by atoms with van der Waals surface area (Å²) in [5.41, 5.74) is 1.03. The van der Waals surface area contributed by atoms with Crippen molar-refractivity contribution >= 4 is 40.6 Å². The number of likely N-dealkylation sites (tertiary alicyclic amines) is 1. The normalized spacial score (nSPS) is 27.0. The molecule has 0 amide bonds. The summed E-state index contributed by atoms with van der Waals surface area (Å²) in [7, 11) is 0. The van der Waals surface area contributed by atoms with Gasteiger partial charge in [-0.15, -0.1) is 0 Å². The standard InChI is InChI=1S/C21H28Cl2N4/c1-4-14(5-2)11-26-12-15-8-9-27(18-7-6-16(22)10-17(18)23)21-19(15)20(26)24-13(3)25-21/h6-7,10,14-15,19,21H,4-5,8-9,11-12H2,1-3H3. The maximum absolute atomic E-state index is 6.54. The van der Waals surface area contributed by atoms with Crippen molar-refractivity contribution in [3.05, 3.63) is 28.2 Å². The average Bonchev–Trinajstić information content (AvgIpc) is 2.99. The molecule has 146 valence electrons. The van der Waals surface area contributed by atoms with Gasteiger partial charge in [-0.2, -0.15) is 0 Å². The van der Waals surface area contributed by atoms with Gasteiger partial charge in [0.25, 0.3) is 0 Å². The molecule has 0 aliphatic carbocycles. The second-order valence-electron chi connectivity index (χ2n) is 8.01. The first kappa shape index (κ1) is 19.1. The Balaban J connectivity index is 1.65. The molecule has 3 aliphatic rings.